The van der Waals surface area contributed by atoms with Gasteiger partial charge in [0.2, 0.25) is 0 Å². The van der Waals surface area contributed by atoms with Crippen molar-refractivity contribution in [2.75, 3.05) is 24.1 Å². The average molecular weight is 263 g/mol. The summed E-state index contributed by atoms with van der Waals surface area (Å²) in [5.41, 5.74) is 7.98. The largest absolute Gasteiger partial charge is 0.399 e. The number of hydrogen-bond acceptors (Lipinski definition) is 3. The molecule has 4 nitrogen and oxygen atoms in total. The minimum absolute atomic E-state index is 0.0562. The zero-order valence-corrected chi connectivity index (χ0v) is 12.0. The maximum atomic E-state index is 12.0. The fourth-order valence-electron chi connectivity index (χ4n) is 1.78. The second-order valence-electron chi connectivity index (χ2n) is 4.73. The number of nitrogens with one attached hydrogen (secondary N) is 2. The molecular formula is C15H25N3O. The highest BCUT2D eigenvalue weighted by molar-refractivity contribution is 5.96. The number of carbonyl (C=O) groups excluding carboxylic acids is 1. The Labute approximate surface area is 115 Å². The first kappa shape index (κ1) is 15.3. The highest BCUT2D eigenvalue weighted by Gasteiger charge is 2.07. The summed E-state index contributed by atoms with van der Waals surface area (Å²) in [7, 11) is 0. The Kier molecular flexibility index (Phi) is 6.79. The van der Waals surface area contributed by atoms with Gasteiger partial charge < -0.3 is 16.4 Å². The van der Waals surface area contributed by atoms with Crippen LogP contribution in [-0.4, -0.2) is 19.0 Å². The van der Waals surface area contributed by atoms with Crippen LogP contribution in [0.4, 0.5) is 11.4 Å². The van der Waals surface area contributed by atoms with Crippen molar-refractivity contribution in [2.24, 2.45) is 0 Å². The van der Waals surface area contributed by atoms with Crippen LogP contribution in [0, 0.1) is 0 Å². The average Bonchev–Trinajstić information content (AvgIpc) is 2.38. The van der Waals surface area contributed by atoms with Crippen LogP contribution in [0.5, 0.6) is 0 Å². The van der Waals surface area contributed by atoms with E-state index in [2.05, 4.69) is 24.5 Å². The molecule has 4 N–H and O–H groups in total. The monoisotopic (exact) mass is 263 g/mol. The van der Waals surface area contributed by atoms with Crippen molar-refractivity contribution < 1.29 is 4.79 Å². The molecule has 0 bridgehead atoms. The first-order valence-electron chi connectivity index (χ1n) is 7.10. The van der Waals surface area contributed by atoms with Crippen molar-refractivity contribution in [1.82, 2.24) is 5.32 Å². The number of carbonyl (C=O) groups is 1. The summed E-state index contributed by atoms with van der Waals surface area (Å²) in [6, 6.07) is 5.43. The maximum Gasteiger partial charge on any atom is 0.251 e. The lowest BCUT2D eigenvalue weighted by Gasteiger charge is -2.10. The molecule has 0 aromatic heterocycles. The van der Waals surface area contributed by atoms with Crippen LogP contribution in [0.15, 0.2) is 18.2 Å². The minimum Gasteiger partial charge on any atom is -0.399 e. The number of benzene rings is 1. The van der Waals surface area contributed by atoms with Crippen LogP contribution in [0.2, 0.25) is 0 Å². The Morgan fingerprint density at radius 1 is 1.11 bits per heavy atom. The topological polar surface area (TPSA) is 67.2 Å². The third kappa shape index (κ3) is 5.64. The molecule has 19 heavy (non-hydrogen) atoms. The van der Waals surface area contributed by atoms with E-state index in [9.17, 15) is 4.79 Å². The van der Waals surface area contributed by atoms with Crippen LogP contribution in [0.3, 0.4) is 0 Å². The standard InChI is InChI=1S/C15H25N3O/c1-3-5-7-17-14-10-12(9-13(16)11-14)15(19)18-8-6-4-2/h9-11,17H,3-8,16H2,1-2H3,(H,18,19). The van der Waals surface area contributed by atoms with Gasteiger partial charge in [0.15, 0.2) is 0 Å². The Morgan fingerprint density at radius 2 is 1.79 bits per heavy atom. The lowest BCUT2D eigenvalue weighted by atomic mass is 10.1. The zero-order chi connectivity index (χ0) is 14.1. The Balaban J connectivity index is 2.64. The number of nitrogens with two attached hydrogens (primary N) is 1. The van der Waals surface area contributed by atoms with Crippen molar-refractivity contribution >= 4 is 17.3 Å². The van der Waals surface area contributed by atoms with E-state index in [1.54, 1.807) is 6.07 Å². The molecule has 1 aromatic carbocycles. The smallest absolute Gasteiger partial charge is 0.251 e. The van der Waals surface area contributed by atoms with E-state index >= 15 is 0 Å². The van der Waals surface area contributed by atoms with E-state index < -0.39 is 0 Å². The van der Waals surface area contributed by atoms with Crippen LogP contribution in [0.1, 0.15) is 49.9 Å². The molecule has 0 aliphatic heterocycles. The molecule has 1 rings (SSSR count). The molecule has 106 valence electrons. The predicted octanol–water partition coefficient (Wildman–Crippen LogP) is 3.01. The number of amides is 1. The number of rotatable bonds is 8. The Bertz CT molecular complexity index is 404. The van der Waals surface area contributed by atoms with Crippen LogP contribution >= 0.6 is 0 Å². The van der Waals surface area contributed by atoms with Crippen LogP contribution < -0.4 is 16.4 Å². The third-order valence-corrected chi connectivity index (χ3v) is 2.89. The van der Waals surface area contributed by atoms with Crippen LogP contribution in [0.25, 0.3) is 0 Å². The number of unbranched alkanes of at least 4 members (excludes halogenated alkanes) is 2. The van der Waals surface area contributed by atoms with Gasteiger partial charge in [0.25, 0.3) is 5.91 Å². The quantitative estimate of drug-likeness (QED) is 0.499. The van der Waals surface area contributed by atoms with E-state index in [0.717, 1.165) is 37.9 Å². The summed E-state index contributed by atoms with van der Waals surface area (Å²) >= 11 is 0. The van der Waals surface area contributed by atoms with Gasteiger partial charge in [-0.3, -0.25) is 4.79 Å². The van der Waals surface area contributed by atoms with E-state index in [-0.39, 0.29) is 5.91 Å². The summed E-state index contributed by atoms with van der Waals surface area (Å²) in [6.07, 6.45) is 4.31. The molecule has 1 amide bonds. The molecule has 0 atom stereocenters. The first-order valence-corrected chi connectivity index (χ1v) is 7.10. The molecule has 1 aromatic rings. The maximum absolute atomic E-state index is 12.0. The Hall–Kier alpha value is -1.71. The third-order valence-electron chi connectivity index (χ3n) is 2.89. The molecule has 0 unspecified atom stereocenters. The summed E-state index contributed by atoms with van der Waals surface area (Å²) in [4.78, 5) is 12.0. The van der Waals surface area contributed by atoms with E-state index in [1.807, 2.05) is 12.1 Å². The normalized spacial score (nSPS) is 10.2. The lowest BCUT2D eigenvalue weighted by Crippen LogP contribution is -2.24. The second kappa shape index (κ2) is 8.40. The molecular weight excluding hydrogens is 238 g/mol. The highest BCUT2D eigenvalue weighted by Crippen LogP contribution is 2.16. The molecule has 0 radical (unpaired) electrons. The van der Waals surface area contributed by atoms with Gasteiger partial charge in [-0.1, -0.05) is 26.7 Å². The van der Waals surface area contributed by atoms with Gasteiger partial charge in [0, 0.05) is 30.0 Å². The summed E-state index contributed by atoms with van der Waals surface area (Å²) in [6.45, 7) is 5.86. The molecule has 0 saturated heterocycles. The fourth-order valence-corrected chi connectivity index (χ4v) is 1.78. The molecule has 0 heterocycles. The molecule has 0 saturated carbocycles. The van der Waals surface area contributed by atoms with Gasteiger partial charge >= 0.3 is 0 Å². The van der Waals surface area contributed by atoms with E-state index in [0.29, 0.717) is 17.8 Å². The molecule has 0 fully saturated rings. The number of anilines is 2. The van der Waals surface area contributed by atoms with Gasteiger partial charge in [-0.15, -0.1) is 0 Å². The highest BCUT2D eigenvalue weighted by atomic mass is 16.1. The lowest BCUT2D eigenvalue weighted by molar-refractivity contribution is 0.0953. The number of hydrogen-bond donors (Lipinski definition) is 3. The van der Waals surface area contributed by atoms with Crippen LogP contribution in [-0.2, 0) is 0 Å². The fraction of sp³-hybridized carbons (Fsp3) is 0.533. The van der Waals surface area contributed by atoms with Gasteiger partial charge in [-0.2, -0.15) is 0 Å². The van der Waals surface area contributed by atoms with Crippen molar-refractivity contribution in [3.8, 4) is 0 Å². The molecule has 0 aliphatic rings. The van der Waals surface area contributed by atoms with Gasteiger partial charge in [-0.25, -0.2) is 0 Å². The van der Waals surface area contributed by atoms with Crippen molar-refractivity contribution in [3.63, 3.8) is 0 Å². The zero-order valence-electron chi connectivity index (χ0n) is 12.0. The van der Waals surface area contributed by atoms with Gasteiger partial charge in [-0.05, 0) is 31.0 Å². The van der Waals surface area contributed by atoms with Crippen molar-refractivity contribution in [1.29, 1.82) is 0 Å². The van der Waals surface area contributed by atoms with E-state index in [1.165, 1.54) is 0 Å². The van der Waals surface area contributed by atoms with E-state index in [4.69, 9.17) is 5.73 Å². The van der Waals surface area contributed by atoms with Gasteiger partial charge in [0.1, 0.15) is 0 Å². The Morgan fingerprint density at radius 3 is 2.47 bits per heavy atom. The predicted molar refractivity (Wildman–Crippen MR) is 81.5 cm³/mol. The van der Waals surface area contributed by atoms with Crippen molar-refractivity contribution in [3.05, 3.63) is 23.8 Å². The molecule has 0 aliphatic carbocycles. The SMILES string of the molecule is CCCCNC(=O)c1cc(N)cc(NCCCC)c1. The minimum atomic E-state index is -0.0562. The molecule has 4 heteroatoms. The summed E-state index contributed by atoms with van der Waals surface area (Å²) in [5.74, 6) is -0.0562. The van der Waals surface area contributed by atoms with Crippen molar-refractivity contribution in [2.45, 2.75) is 39.5 Å². The summed E-state index contributed by atoms with van der Waals surface area (Å²) < 4.78 is 0. The van der Waals surface area contributed by atoms with Gasteiger partial charge in [0.05, 0.1) is 0 Å². The summed E-state index contributed by atoms with van der Waals surface area (Å²) in [5, 5.41) is 6.19. The second-order valence-corrected chi connectivity index (χ2v) is 4.73. The first-order chi connectivity index (χ1) is 9.17. The number of nitrogen functional groups attached to an aromatic ring is 1. The molecule has 0 spiro atoms.